The summed E-state index contributed by atoms with van der Waals surface area (Å²) in [6, 6.07) is 8.72. The van der Waals surface area contributed by atoms with Gasteiger partial charge in [0.2, 0.25) is 0 Å². The van der Waals surface area contributed by atoms with Crippen molar-refractivity contribution < 1.29 is 4.74 Å². The number of nitrogens with zero attached hydrogens (tertiary/aromatic N) is 2. The number of benzene rings is 1. The van der Waals surface area contributed by atoms with Crippen LogP contribution < -0.4 is 15.4 Å². The first kappa shape index (κ1) is 19.6. The molecule has 1 aromatic carbocycles. The molecule has 5 heteroatoms. The lowest BCUT2D eigenvalue weighted by Gasteiger charge is -2.32. The first-order chi connectivity index (χ1) is 12.2. The van der Waals surface area contributed by atoms with Gasteiger partial charge < -0.3 is 20.3 Å². The van der Waals surface area contributed by atoms with Crippen molar-refractivity contribution in [3.05, 3.63) is 29.8 Å². The smallest absolute Gasteiger partial charge is 0.191 e. The van der Waals surface area contributed by atoms with E-state index in [0.717, 1.165) is 24.7 Å². The molecule has 1 heterocycles. The van der Waals surface area contributed by atoms with E-state index in [1.165, 1.54) is 44.5 Å². The highest BCUT2D eigenvalue weighted by Crippen LogP contribution is 2.12. The number of hydrogen-bond acceptors (Lipinski definition) is 3. The molecule has 2 rings (SSSR count). The van der Waals surface area contributed by atoms with E-state index in [1.807, 2.05) is 19.2 Å². The molecule has 1 aromatic rings. The van der Waals surface area contributed by atoms with Gasteiger partial charge in [-0.2, -0.15) is 0 Å². The summed E-state index contributed by atoms with van der Waals surface area (Å²) in [7, 11) is 1.84. The number of likely N-dealkylation sites (tertiary alicyclic amines) is 1. The van der Waals surface area contributed by atoms with Crippen LogP contribution in [-0.4, -0.2) is 56.7 Å². The molecule has 0 spiro atoms. The third kappa shape index (κ3) is 7.34. The summed E-state index contributed by atoms with van der Waals surface area (Å²) < 4.78 is 5.76. The molecule has 1 aliphatic heterocycles. The second-order valence-electron chi connectivity index (χ2n) is 6.77. The van der Waals surface area contributed by atoms with Crippen LogP contribution in [0.4, 0.5) is 0 Å². The van der Waals surface area contributed by atoms with E-state index in [-0.39, 0.29) is 0 Å². The van der Waals surface area contributed by atoms with E-state index in [4.69, 9.17) is 4.74 Å². The maximum atomic E-state index is 5.76. The third-order valence-electron chi connectivity index (χ3n) is 4.60. The molecule has 0 saturated carbocycles. The number of hydrogen-bond donors (Lipinski definition) is 2. The zero-order valence-electron chi connectivity index (χ0n) is 16.1. The van der Waals surface area contributed by atoms with Crippen molar-refractivity contribution in [2.45, 2.75) is 45.6 Å². The SMILES string of the molecule is CCCN1CCC(NC(=NC)NCCCOc2ccc(C)cc2)CC1. The van der Waals surface area contributed by atoms with E-state index < -0.39 is 0 Å². The van der Waals surface area contributed by atoms with Crippen molar-refractivity contribution in [1.29, 1.82) is 0 Å². The van der Waals surface area contributed by atoms with Gasteiger partial charge in [0.15, 0.2) is 5.96 Å². The second-order valence-corrected chi connectivity index (χ2v) is 6.77. The van der Waals surface area contributed by atoms with E-state index in [9.17, 15) is 0 Å². The number of piperidine rings is 1. The predicted octanol–water partition coefficient (Wildman–Crippen LogP) is 2.80. The molecular formula is C20H34N4O. The molecule has 0 bridgehead atoms. The minimum atomic E-state index is 0.531. The van der Waals surface area contributed by atoms with Crippen LogP contribution in [0.5, 0.6) is 5.75 Å². The number of aliphatic imine (C=N–C) groups is 1. The first-order valence-electron chi connectivity index (χ1n) is 9.60. The highest BCUT2D eigenvalue weighted by Gasteiger charge is 2.19. The van der Waals surface area contributed by atoms with Crippen LogP contribution in [0, 0.1) is 6.92 Å². The Morgan fingerprint density at radius 1 is 1.24 bits per heavy atom. The molecule has 1 saturated heterocycles. The van der Waals surface area contributed by atoms with Crippen LogP contribution >= 0.6 is 0 Å². The summed E-state index contributed by atoms with van der Waals surface area (Å²) in [5, 5.41) is 6.95. The van der Waals surface area contributed by atoms with Gasteiger partial charge in [0.05, 0.1) is 6.61 Å². The summed E-state index contributed by atoms with van der Waals surface area (Å²) >= 11 is 0. The van der Waals surface area contributed by atoms with Crippen molar-refractivity contribution in [3.63, 3.8) is 0 Å². The zero-order valence-corrected chi connectivity index (χ0v) is 16.1. The van der Waals surface area contributed by atoms with Gasteiger partial charge in [-0.3, -0.25) is 4.99 Å². The highest BCUT2D eigenvalue weighted by atomic mass is 16.5. The minimum Gasteiger partial charge on any atom is -0.494 e. The minimum absolute atomic E-state index is 0.531. The van der Waals surface area contributed by atoms with Crippen LogP contribution in [0.25, 0.3) is 0 Å². The van der Waals surface area contributed by atoms with Crippen LogP contribution in [-0.2, 0) is 0 Å². The lowest BCUT2D eigenvalue weighted by molar-refractivity contribution is 0.206. The topological polar surface area (TPSA) is 48.9 Å². The summed E-state index contributed by atoms with van der Waals surface area (Å²) in [6.07, 6.45) is 4.57. The molecular weight excluding hydrogens is 312 g/mol. The van der Waals surface area contributed by atoms with Gasteiger partial charge in [-0.1, -0.05) is 24.6 Å². The molecule has 2 N–H and O–H groups in total. The third-order valence-corrected chi connectivity index (χ3v) is 4.60. The highest BCUT2D eigenvalue weighted by molar-refractivity contribution is 5.79. The molecule has 0 amide bonds. The molecule has 1 fully saturated rings. The Bertz CT molecular complexity index is 507. The second kappa shape index (κ2) is 11.0. The number of nitrogens with one attached hydrogen (secondary N) is 2. The van der Waals surface area contributed by atoms with E-state index in [0.29, 0.717) is 12.6 Å². The van der Waals surface area contributed by atoms with E-state index in [1.54, 1.807) is 0 Å². The molecule has 5 nitrogen and oxygen atoms in total. The molecule has 0 aliphatic carbocycles. The summed E-state index contributed by atoms with van der Waals surface area (Å²) in [4.78, 5) is 6.90. The lowest BCUT2D eigenvalue weighted by Crippen LogP contribution is -2.49. The van der Waals surface area contributed by atoms with Gasteiger partial charge in [-0.15, -0.1) is 0 Å². The first-order valence-corrected chi connectivity index (χ1v) is 9.60. The Morgan fingerprint density at radius 2 is 1.96 bits per heavy atom. The zero-order chi connectivity index (χ0) is 17.9. The van der Waals surface area contributed by atoms with Crippen LogP contribution in [0.2, 0.25) is 0 Å². The summed E-state index contributed by atoms with van der Waals surface area (Å²) in [6.45, 7) is 9.50. The van der Waals surface area contributed by atoms with Gasteiger partial charge in [0, 0.05) is 32.7 Å². The Kier molecular flexibility index (Phi) is 8.60. The Labute approximate surface area is 152 Å². The van der Waals surface area contributed by atoms with Crippen LogP contribution in [0.15, 0.2) is 29.3 Å². The number of guanidine groups is 1. The van der Waals surface area contributed by atoms with Crippen LogP contribution in [0.1, 0.15) is 38.2 Å². The molecule has 0 aromatic heterocycles. The molecule has 1 aliphatic rings. The Morgan fingerprint density at radius 3 is 2.60 bits per heavy atom. The van der Waals surface area contributed by atoms with E-state index >= 15 is 0 Å². The molecule has 0 atom stereocenters. The van der Waals surface area contributed by atoms with E-state index in [2.05, 4.69) is 46.5 Å². The quantitative estimate of drug-likeness (QED) is 0.432. The largest absolute Gasteiger partial charge is 0.494 e. The van der Waals surface area contributed by atoms with Crippen molar-refractivity contribution >= 4 is 5.96 Å². The van der Waals surface area contributed by atoms with Crippen LogP contribution in [0.3, 0.4) is 0 Å². The van der Waals surface area contributed by atoms with Gasteiger partial charge in [-0.05, 0) is 51.3 Å². The fourth-order valence-electron chi connectivity index (χ4n) is 3.11. The fraction of sp³-hybridized carbons (Fsp3) is 0.650. The predicted molar refractivity (Wildman–Crippen MR) is 106 cm³/mol. The molecule has 25 heavy (non-hydrogen) atoms. The van der Waals surface area contributed by atoms with Gasteiger partial charge >= 0.3 is 0 Å². The number of rotatable bonds is 8. The fourth-order valence-corrected chi connectivity index (χ4v) is 3.11. The number of aryl methyl sites for hydroxylation is 1. The number of ether oxygens (including phenoxy) is 1. The Hall–Kier alpha value is -1.75. The lowest BCUT2D eigenvalue weighted by atomic mass is 10.1. The van der Waals surface area contributed by atoms with Gasteiger partial charge in [0.25, 0.3) is 0 Å². The molecule has 0 unspecified atom stereocenters. The summed E-state index contributed by atoms with van der Waals surface area (Å²) in [5.74, 6) is 1.84. The Balaban J connectivity index is 1.58. The average molecular weight is 347 g/mol. The maximum absolute atomic E-state index is 5.76. The van der Waals surface area contributed by atoms with Crippen molar-refractivity contribution in [1.82, 2.24) is 15.5 Å². The monoisotopic (exact) mass is 346 g/mol. The van der Waals surface area contributed by atoms with Crippen molar-refractivity contribution in [2.24, 2.45) is 4.99 Å². The maximum Gasteiger partial charge on any atom is 0.191 e. The van der Waals surface area contributed by atoms with Crippen molar-refractivity contribution in [2.75, 3.05) is 39.8 Å². The summed E-state index contributed by atoms with van der Waals surface area (Å²) in [5.41, 5.74) is 1.25. The van der Waals surface area contributed by atoms with Gasteiger partial charge in [0.1, 0.15) is 5.75 Å². The standard InChI is InChI=1S/C20H34N4O/c1-4-13-24-14-10-18(11-15-24)23-20(21-3)22-12-5-16-25-19-8-6-17(2)7-9-19/h6-9,18H,4-5,10-16H2,1-3H3,(H2,21,22,23). The van der Waals surface area contributed by atoms with Crippen molar-refractivity contribution in [3.8, 4) is 5.75 Å². The average Bonchev–Trinajstić information content (AvgIpc) is 2.63. The normalized spacial score (nSPS) is 16.7. The molecule has 0 radical (unpaired) electrons. The van der Waals surface area contributed by atoms with Gasteiger partial charge in [-0.25, -0.2) is 0 Å². The molecule has 140 valence electrons.